The monoisotopic (exact) mass is 247 g/mol. The fourth-order valence-electron chi connectivity index (χ4n) is 2.76. The average molecular weight is 247 g/mol. The molecule has 0 radical (unpaired) electrons. The highest BCUT2D eigenvalue weighted by atomic mass is 14.6. The second-order valence-corrected chi connectivity index (χ2v) is 6.89. The molecule has 0 aliphatic carbocycles. The van der Waals surface area contributed by atoms with Gasteiger partial charge in [0.05, 0.1) is 0 Å². The van der Waals surface area contributed by atoms with Crippen molar-refractivity contribution in [3.05, 3.63) is 35.9 Å². The van der Waals surface area contributed by atoms with E-state index >= 15 is 0 Å². The molecule has 1 aromatic rings. The minimum atomic E-state index is 0.336. The molecule has 0 spiro atoms. The van der Waals surface area contributed by atoms with E-state index in [0.29, 0.717) is 11.5 Å². The van der Waals surface area contributed by atoms with Gasteiger partial charge in [-0.15, -0.1) is 0 Å². The fraction of sp³-hybridized carbons (Fsp3) is 0.647. The molecule has 2 unspecified atom stereocenters. The molecule has 0 saturated carbocycles. The Morgan fingerprint density at radius 3 is 2.28 bits per heavy atom. The van der Waals surface area contributed by atoms with E-state index in [1.807, 2.05) is 0 Å². The van der Waals surface area contributed by atoms with Gasteiger partial charge in [-0.3, -0.25) is 0 Å². The van der Waals surface area contributed by atoms with Crippen LogP contribution in [0.4, 0.5) is 0 Å². The summed E-state index contributed by atoms with van der Waals surface area (Å²) in [5.74, 6) is 0.718. The highest BCUT2D eigenvalue weighted by molar-refractivity contribution is 5.14. The van der Waals surface area contributed by atoms with E-state index in [1.54, 1.807) is 0 Å². The van der Waals surface area contributed by atoms with Crippen molar-refractivity contribution in [1.82, 2.24) is 0 Å². The molecule has 2 N–H and O–H groups in total. The lowest BCUT2D eigenvalue weighted by atomic mass is 9.82. The number of hydrogen-bond donors (Lipinski definition) is 1. The van der Waals surface area contributed by atoms with Gasteiger partial charge in [-0.1, -0.05) is 58.0 Å². The normalized spacial score (nSPS) is 15.4. The van der Waals surface area contributed by atoms with Gasteiger partial charge >= 0.3 is 0 Å². The molecule has 0 heterocycles. The molecule has 1 heteroatoms. The van der Waals surface area contributed by atoms with Gasteiger partial charge in [0.1, 0.15) is 0 Å². The maximum absolute atomic E-state index is 6.24. The smallest absolute Gasteiger partial charge is 0.00445 e. The zero-order chi connectivity index (χ0) is 13.6. The zero-order valence-corrected chi connectivity index (χ0v) is 12.4. The molecule has 1 nitrogen and oxygen atoms in total. The first-order valence-corrected chi connectivity index (χ1v) is 7.16. The first-order valence-electron chi connectivity index (χ1n) is 7.16. The van der Waals surface area contributed by atoms with Gasteiger partial charge in [0, 0.05) is 6.04 Å². The van der Waals surface area contributed by atoms with Crippen molar-refractivity contribution in [2.24, 2.45) is 17.1 Å². The topological polar surface area (TPSA) is 26.0 Å². The van der Waals surface area contributed by atoms with E-state index < -0.39 is 0 Å². The van der Waals surface area contributed by atoms with Crippen molar-refractivity contribution < 1.29 is 0 Å². The molecule has 2 atom stereocenters. The maximum Gasteiger partial charge on any atom is 0.00445 e. The van der Waals surface area contributed by atoms with Crippen molar-refractivity contribution in [3.63, 3.8) is 0 Å². The predicted octanol–water partition coefficient (Wildman–Crippen LogP) is 4.41. The van der Waals surface area contributed by atoms with Crippen molar-refractivity contribution in [3.8, 4) is 0 Å². The predicted molar refractivity (Wildman–Crippen MR) is 80.6 cm³/mol. The summed E-state index contributed by atoms with van der Waals surface area (Å²) < 4.78 is 0. The number of aryl methyl sites for hydroxylation is 1. The van der Waals surface area contributed by atoms with Crippen LogP contribution >= 0.6 is 0 Å². The Morgan fingerprint density at radius 2 is 1.72 bits per heavy atom. The lowest BCUT2D eigenvalue weighted by Crippen LogP contribution is -2.25. The van der Waals surface area contributed by atoms with Gasteiger partial charge in [0.15, 0.2) is 0 Å². The third-order valence-corrected chi connectivity index (χ3v) is 3.31. The first kappa shape index (κ1) is 15.2. The van der Waals surface area contributed by atoms with Crippen LogP contribution < -0.4 is 5.73 Å². The first-order chi connectivity index (χ1) is 8.37. The lowest BCUT2D eigenvalue weighted by Gasteiger charge is -2.25. The van der Waals surface area contributed by atoms with E-state index in [4.69, 9.17) is 5.73 Å². The van der Waals surface area contributed by atoms with Crippen LogP contribution in [-0.2, 0) is 6.42 Å². The summed E-state index contributed by atoms with van der Waals surface area (Å²) in [6.07, 6.45) is 4.60. The molecule has 0 saturated heterocycles. The standard InChI is InChI=1S/C17H29N/c1-14(13-17(2,3)4)12-16(18)11-10-15-8-6-5-7-9-15/h5-9,14,16H,10-13,18H2,1-4H3. The molecule has 0 aliphatic heterocycles. The minimum Gasteiger partial charge on any atom is -0.328 e. The third-order valence-electron chi connectivity index (χ3n) is 3.31. The van der Waals surface area contributed by atoms with Gasteiger partial charge in [-0.05, 0) is 42.6 Å². The quantitative estimate of drug-likeness (QED) is 0.791. The zero-order valence-electron chi connectivity index (χ0n) is 12.4. The highest BCUT2D eigenvalue weighted by Gasteiger charge is 2.17. The molecule has 0 bridgehead atoms. The van der Waals surface area contributed by atoms with E-state index in [1.165, 1.54) is 12.0 Å². The van der Waals surface area contributed by atoms with Gasteiger partial charge in [-0.25, -0.2) is 0 Å². The van der Waals surface area contributed by atoms with Crippen molar-refractivity contribution in [2.75, 3.05) is 0 Å². The van der Waals surface area contributed by atoms with Gasteiger partial charge in [0.2, 0.25) is 0 Å². The minimum absolute atomic E-state index is 0.336. The van der Waals surface area contributed by atoms with Crippen LogP contribution in [0.25, 0.3) is 0 Å². The number of benzene rings is 1. The van der Waals surface area contributed by atoms with Crippen LogP contribution in [0.15, 0.2) is 30.3 Å². The fourth-order valence-corrected chi connectivity index (χ4v) is 2.76. The Labute approximate surface area is 113 Å². The summed E-state index contributed by atoms with van der Waals surface area (Å²) in [4.78, 5) is 0. The second-order valence-electron chi connectivity index (χ2n) is 6.89. The van der Waals surface area contributed by atoms with Crippen LogP contribution in [-0.4, -0.2) is 6.04 Å². The van der Waals surface area contributed by atoms with Crippen LogP contribution in [0.3, 0.4) is 0 Å². The van der Waals surface area contributed by atoms with Crippen LogP contribution in [0.2, 0.25) is 0 Å². The summed E-state index contributed by atoms with van der Waals surface area (Å²) >= 11 is 0. The Balaban J connectivity index is 2.27. The van der Waals surface area contributed by atoms with Crippen LogP contribution in [0.1, 0.15) is 52.5 Å². The molecular weight excluding hydrogens is 218 g/mol. The molecule has 0 fully saturated rings. The van der Waals surface area contributed by atoms with Crippen molar-refractivity contribution >= 4 is 0 Å². The highest BCUT2D eigenvalue weighted by Crippen LogP contribution is 2.26. The number of hydrogen-bond acceptors (Lipinski definition) is 1. The molecule has 102 valence electrons. The summed E-state index contributed by atoms with van der Waals surface area (Å²) in [5, 5.41) is 0. The van der Waals surface area contributed by atoms with E-state index in [2.05, 4.69) is 58.0 Å². The Morgan fingerprint density at radius 1 is 1.11 bits per heavy atom. The van der Waals surface area contributed by atoms with Crippen LogP contribution in [0.5, 0.6) is 0 Å². The SMILES string of the molecule is CC(CC(N)CCc1ccccc1)CC(C)(C)C. The second kappa shape index (κ2) is 6.94. The summed E-state index contributed by atoms with van der Waals surface area (Å²) in [7, 11) is 0. The van der Waals surface area contributed by atoms with Gasteiger partial charge < -0.3 is 5.73 Å². The average Bonchev–Trinajstić information content (AvgIpc) is 2.25. The van der Waals surface area contributed by atoms with E-state index in [0.717, 1.165) is 25.2 Å². The Hall–Kier alpha value is -0.820. The molecule has 0 aromatic heterocycles. The van der Waals surface area contributed by atoms with E-state index in [9.17, 15) is 0 Å². The maximum atomic E-state index is 6.24. The molecule has 0 aliphatic rings. The summed E-state index contributed by atoms with van der Waals surface area (Å²) in [5.41, 5.74) is 8.06. The molecule has 1 aromatic carbocycles. The van der Waals surface area contributed by atoms with Crippen molar-refractivity contribution in [2.45, 2.75) is 59.4 Å². The largest absolute Gasteiger partial charge is 0.328 e. The summed E-state index contributed by atoms with van der Waals surface area (Å²) in [6.45, 7) is 9.24. The lowest BCUT2D eigenvalue weighted by molar-refractivity contribution is 0.283. The van der Waals surface area contributed by atoms with E-state index in [-0.39, 0.29) is 0 Å². The molecular formula is C17H29N. The van der Waals surface area contributed by atoms with Crippen LogP contribution in [0, 0.1) is 11.3 Å². The third kappa shape index (κ3) is 6.80. The Bertz CT molecular complexity index is 323. The number of rotatable bonds is 6. The summed E-state index contributed by atoms with van der Waals surface area (Å²) in [6, 6.07) is 11.0. The van der Waals surface area contributed by atoms with Gasteiger partial charge in [-0.2, -0.15) is 0 Å². The molecule has 0 amide bonds. The number of nitrogens with two attached hydrogens (primary N) is 1. The molecule has 1 rings (SSSR count). The molecule has 18 heavy (non-hydrogen) atoms. The van der Waals surface area contributed by atoms with Gasteiger partial charge in [0.25, 0.3) is 0 Å². The Kier molecular flexibility index (Phi) is 5.87. The van der Waals surface area contributed by atoms with Crippen molar-refractivity contribution in [1.29, 1.82) is 0 Å².